The number of aliphatic hydroxyl groups excluding tert-OH is 1. The maximum absolute atomic E-state index is 12.4. The highest BCUT2D eigenvalue weighted by Gasteiger charge is 2.46. The number of para-hydroxylation sites is 1. The van der Waals surface area contributed by atoms with Gasteiger partial charge in [0, 0.05) is 12.7 Å². The first-order chi connectivity index (χ1) is 8.00. The minimum atomic E-state index is -0.583. The summed E-state index contributed by atoms with van der Waals surface area (Å²) in [6.45, 7) is 3.86. The molecule has 0 bridgehead atoms. The smallest absolute Gasteiger partial charge is 0.237 e. The Hall–Kier alpha value is -1.35. The third kappa shape index (κ3) is 1.75. The van der Waals surface area contributed by atoms with Crippen LogP contribution >= 0.6 is 0 Å². The van der Waals surface area contributed by atoms with Gasteiger partial charge in [0.2, 0.25) is 5.91 Å². The zero-order valence-electron chi connectivity index (χ0n) is 10.6. The number of carbonyl (C=O) groups is 1. The summed E-state index contributed by atoms with van der Waals surface area (Å²) in [5.41, 5.74) is 1.41. The van der Waals surface area contributed by atoms with E-state index in [-0.39, 0.29) is 5.91 Å². The molecule has 0 saturated heterocycles. The van der Waals surface area contributed by atoms with Crippen molar-refractivity contribution in [2.75, 3.05) is 11.9 Å². The third-order valence-corrected chi connectivity index (χ3v) is 3.75. The van der Waals surface area contributed by atoms with E-state index in [1.807, 2.05) is 38.1 Å². The molecular formula is C14H19NO2. The molecule has 1 aliphatic rings. The number of hydrogen-bond acceptors (Lipinski definition) is 2. The molecule has 0 radical (unpaired) electrons. The summed E-state index contributed by atoms with van der Waals surface area (Å²) in [6.07, 6.45) is 0.738. The number of benzene rings is 1. The molecule has 0 spiro atoms. The van der Waals surface area contributed by atoms with Crippen LogP contribution in [0.4, 0.5) is 5.69 Å². The summed E-state index contributed by atoms with van der Waals surface area (Å²) < 4.78 is 0. The molecule has 2 rings (SSSR count). The normalized spacial score (nSPS) is 24.9. The van der Waals surface area contributed by atoms with E-state index in [1.54, 1.807) is 11.9 Å². The fourth-order valence-electron chi connectivity index (χ4n) is 2.64. The topological polar surface area (TPSA) is 40.5 Å². The van der Waals surface area contributed by atoms with Gasteiger partial charge in [-0.05, 0) is 31.4 Å². The fourth-order valence-corrected chi connectivity index (χ4v) is 2.64. The molecule has 3 heteroatoms. The lowest BCUT2D eigenvalue weighted by Crippen LogP contribution is -2.38. The lowest BCUT2D eigenvalue weighted by atomic mass is 9.78. The molecule has 0 fully saturated rings. The predicted molar refractivity (Wildman–Crippen MR) is 68.1 cm³/mol. The number of aliphatic hydroxyl groups is 1. The molecule has 1 amide bonds. The van der Waals surface area contributed by atoms with Crippen LogP contribution in [0.2, 0.25) is 0 Å². The lowest BCUT2D eigenvalue weighted by Gasteiger charge is -2.25. The van der Waals surface area contributed by atoms with Crippen molar-refractivity contribution in [2.45, 2.75) is 38.2 Å². The largest absolute Gasteiger partial charge is 0.393 e. The zero-order valence-corrected chi connectivity index (χ0v) is 10.6. The van der Waals surface area contributed by atoms with E-state index in [9.17, 15) is 9.90 Å². The SMILES string of the molecule is CCC(O)C[C@]1(C)C(=O)N(C)c2ccccc21. The summed E-state index contributed by atoms with van der Waals surface area (Å²) >= 11 is 0. The van der Waals surface area contributed by atoms with E-state index < -0.39 is 11.5 Å². The van der Waals surface area contributed by atoms with E-state index >= 15 is 0 Å². The highest BCUT2D eigenvalue weighted by molar-refractivity contribution is 6.07. The predicted octanol–water partition coefficient (Wildman–Crippen LogP) is 2.08. The molecular weight excluding hydrogens is 214 g/mol. The summed E-state index contributed by atoms with van der Waals surface area (Å²) in [4.78, 5) is 14.0. The number of carbonyl (C=O) groups excluding carboxylic acids is 1. The van der Waals surface area contributed by atoms with Gasteiger partial charge in [0.15, 0.2) is 0 Å². The Labute approximate surface area is 102 Å². The van der Waals surface area contributed by atoms with Gasteiger partial charge < -0.3 is 10.0 Å². The van der Waals surface area contributed by atoms with Crippen LogP contribution in [0.1, 0.15) is 32.3 Å². The van der Waals surface area contributed by atoms with Crippen molar-refractivity contribution in [3.05, 3.63) is 29.8 Å². The maximum Gasteiger partial charge on any atom is 0.237 e. The first-order valence-electron chi connectivity index (χ1n) is 6.06. The monoisotopic (exact) mass is 233 g/mol. The number of hydrogen-bond donors (Lipinski definition) is 1. The van der Waals surface area contributed by atoms with Crippen LogP contribution in [0.25, 0.3) is 0 Å². The molecule has 1 aromatic rings. The average molecular weight is 233 g/mol. The van der Waals surface area contributed by atoms with E-state index in [1.165, 1.54) is 0 Å². The molecule has 0 aromatic heterocycles. The molecule has 1 unspecified atom stereocenters. The number of rotatable bonds is 3. The quantitative estimate of drug-likeness (QED) is 0.868. The third-order valence-electron chi connectivity index (χ3n) is 3.75. The standard InChI is InChI=1S/C14H19NO2/c1-4-10(16)9-14(2)11-7-5-6-8-12(11)15(3)13(14)17/h5-8,10,16H,4,9H2,1-3H3/t10?,14-/m0/s1. The van der Waals surface area contributed by atoms with Crippen molar-refractivity contribution in [1.82, 2.24) is 0 Å². The number of anilines is 1. The van der Waals surface area contributed by atoms with Crippen LogP contribution in [0.15, 0.2) is 24.3 Å². The van der Waals surface area contributed by atoms with Crippen LogP contribution in [0, 0.1) is 0 Å². The van der Waals surface area contributed by atoms with Gasteiger partial charge >= 0.3 is 0 Å². The van der Waals surface area contributed by atoms with Gasteiger partial charge in [-0.3, -0.25) is 4.79 Å². The van der Waals surface area contributed by atoms with Crippen molar-refractivity contribution < 1.29 is 9.90 Å². The van der Waals surface area contributed by atoms with Gasteiger partial charge in [-0.25, -0.2) is 0 Å². The molecule has 92 valence electrons. The zero-order chi connectivity index (χ0) is 12.6. The van der Waals surface area contributed by atoms with Crippen LogP contribution < -0.4 is 4.90 Å². The van der Waals surface area contributed by atoms with Crippen molar-refractivity contribution in [3.63, 3.8) is 0 Å². The minimum Gasteiger partial charge on any atom is -0.393 e. The fraction of sp³-hybridized carbons (Fsp3) is 0.500. The number of likely N-dealkylation sites (N-methyl/N-ethyl adjacent to an activating group) is 1. The second-order valence-electron chi connectivity index (χ2n) is 4.98. The highest BCUT2D eigenvalue weighted by atomic mass is 16.3. The lowest BCUT2D eigenvalue weighted by molar-refractivity contribution is -0.123. The van der Waals surface area contributed by atoms with Crippen LogP contribution in [0.3, 0.4) is 0 Å². The highest BCUT2D eigenvalue weighted by Crippen LogP contribution is 2.43. The van der Waals surface area contributed by atoms with E-state index in [2.05, 4.69) is 0 Å². The van der Waals surface area contributed by atoms with Crippen molar-refractivity contribution in [1.29, 1.82) is 0 Å². The van der Waals surface area contributed by atoms with Gasteiger partial charge in [0.25, 0.3) is 0 Å². The molecule has 3 nitrogen and oxygen atoms in total. The molecule has 0 saturated carbocycles. The van der Waals surface area contributed by atoms with Crippen LogP contribution in [-0.2, 0) is 10.2 Å². The maximum atomic E-state index is 12.4. The number of amides is 1. The molecule has 1 N–H and O–H groups in total. The minimum absolute atomic E-state index is 0.0752. The van der Waals surface area contributed by atoms with Crippen molar-refractivity contribution >= 4 is 11.6 Å². The average Bonchev–Trinajstić information content (AvgIpc) is 2.53. The van der Waals surface area contributed by atoms with Gasteiger partial charge in [0.1, 0.15) is 0 Å². The van der Waals surface area contributed by atoms with Crippen LogP contribution in [0.5, 0.6) is 0 Å². The molecule has 1 heterocycles. The van der Waals surface area contributed by atoms with Gasteiger partial charge in [0.05, 0.1) is 11.5 Å². The summed E-state index contributed by atoms with van der Waals surface area (Å²) in [5.74, 6) is 0.0752. The molecule has 2 atom stereocenters. The van der Waals surface area contributed by atoms with E-state index in [0.717, 1.165) is 11.3 Å². The van der Waals surface area contributed by atoms with Gasteiger partial charge in [-0.2, -0.15) is 0 Å². The number of fused-ring (bicyclic) bond motifs is 1. The Morgan fingerprint density at radius 1 is 1.41 bits per heavy atom. The summed E-state index contributed by atoms with van der Waals surface area (Å²) in [5, 5.41) is 9.84. The Kier molecular flexibility index (Phi) is 2.96. The second-order valence-corrected chi connectivity index (χ2v) is 4.98. The Morgan fingerprint density at radius 3 is 2.71 bits per heavy atom. The second kappa shape index (κ2) is 4.15. The summed E-state index contributed by atoms with van der Waals surface area (Å²) in [7, 11) is 1.80. The Bertz CT molecular complexity index is 444. The molecule has 1 aliphatic heterocycles. The van der Waals surface area contributed by atoms with Gasteiger partial charge in [-0.15, -0.1) is 0 Å². The van der Waals surface area contributed by atoms with Crippen molar-refractivity contribution in [3.8, 4) is 0 Å². The molecule has 17 heavy (non-hydrogen) atoms. The van der Waals surface area contributed by atoms with Gasteiger partial charge in [-0.1, -0.05) is 25.1 Å². The van der Waals surface area contributed by atoms with E-state index in [0.29, 0.717) is 12.8 Å². The van der Waals surface area contributed by atoms with Crippen LogP contribution in [-0.4, -0.2) is 24.2 Å². The first-order valence-corrected chi connectivity index (χ1v) is 6.06. The van der Waals surface area contributed by atoms with E-state index in [4.69, 9.17) is 0 Å². The first kappa shape index (κ1) is 12.1. The van der Waals surface area contributed by atoms with Crippen molar-refractivity contribution in [2.24, 2.45) is 0 Å². The Balaban J connectivity index is 2.44. The Morgan fingerprint density at radius 2 is 2.06 bits per heavy atom. The molecule has 0 aliphatic carbocycles. The number of nitrogens with zero attached hydrogens (tertiary/aromatic N) is 1. The summed E-state index contributed by atoms with van der Waals surface area (Å²) in [6, 6.07) is 7.82. The molecule has 1 aromatic carbocycles.